The van der Waals surface area contributed by atoms with E-state index in [1.165, 1.54) is 0 Å². The van der Waals surface area contributed by atoms with Gasteiger partial charge in [0.25, 0.3) is 0 Å². The van der Waals surface area contributed by atoms with Gasteiger partial charge in [-0.3, -0.25) is 4.79 Å². The van der Waals surface area contributed by atoms with Crippen molar-refractivity contribution in [3.63, 3.8) is 0 Å². The molecule has 1 atom stereocenters. The molecule has 1 unspecified atom stereocenters. The third kappa shape index (κ3) is 5.13. The number of morpholine rings is 1. The Labute approximate surface area is 154 Å². The molecule has 2 saturated heterocycles. The highest BCUT2D eigenvalue weighted by molar-refractivity contribution is 6.30. The van der Waals surface area contributed by atoms with E-state index in [2.05, 4.69) is 10.2 Å². The van der Waals surface area contributed by atoms with Gasteiger partial charge in [0.2, 0.25) is 5.91 Å². The van der Waals surface area contributed by atoms with Crippen LogP contribution in [0.4, 0.5) is 5.69 Å². The Morgan fingerprint density at radius 1 is 1.13 bits per heavy atom. The molecule has 0 radical (unpaired) electrons. The molecule has 0 spiro atoms. The summed E-state index contributed by atoms with van der Waals surface area (Å²) in [5, 5.41) is 3.97. The number of hydrogen-bond acceptors (Lipinski definition) is 4. The summed E-state index contributed by atoms with van der Waals surface area (Å²) in [4.78, 5) is 16.6. The van der Waals surface area contributed by atoms with Crippen LogP contribution in [0, 0.1) is 0 Å². The first kappa shape index (κ1) is 20.3. The van der Waals surface area contributed by atoms with Gasteiger partial charge in [-0.1, -0.05) is 11.6 Å². The summed E-state index contributed by atoms with van der Waals surface area (Å²) in [6.07, 6.45) is 0. The number of piperazine rings is 1. The Kier molecular flexibility index (Phi) is 8.44. The third-order valence-electron chi connectivity index (χ3n) is 4.00. The summed E-state index contributed by atoms with van der Waals surface area (Å²) in [5.74, 6) is 0.158. The number of hydrogen-bond donors (Lipinski definition) is 1. The average Bonchev–Trinajstić information content (AvgIpc) is 2.56. The number of halogens is 3. The Morgan fingerprint density at radius 2 is 1.78 bits per heavy atom. The fraction of sp³-hybridized carbons (Fsp3) is 0.533. The molecule has 0 aliphatic carbocycles. The molecule has 0 bridgehead atoms. The lowest BCUT2D eigenvalue weighted by molar-refractivity contribution is -0.136. The first-order valence-electron chi connectivity index (χ1n) is 7.34. The van der Waals surface area contributed by atoms with Crippen LogP contribution < -0.4 is 10.2 Å². The fourth-order valence-electron chi connectivity index (χ4n) is 2.78. The maximum Gasteiger partial charge on any atom is 0.242 e. The molecule has 2 aliphatic rings. The van der Waals surface area contributed by atoms with Gasteiger partial charge in [-0.25, -0.2) is 0 Å². The second-order valence-corrected chi connectivity index (χ2v) is 5.81. The van der Waals surface area contributed by atoms with Crippen LogP contribution in [-0.4, -0.2) is 62.8 Å². The molecule has 0 saturated carbocycles. The van der Waals surface area contributed by atoms with E-state index in [1.807, 2.05) is 29.2 Å². The molecule has 1 N–H and O–H groups in total. The maximum atomic E-state index is 12.4. The molecule has 1 aromatic carbocycles. The van der Waals surface area contributed by atoms with E-state index < -0.39 is 0 Å². The first-order valence-corrected chi connectivity index (χ1v) is 7.72. The van der Waals surface area contributed by atoms with Gasteiger partial charge < -0.3 is 19.9 Å². The Bertz CT molecular complexity index is 487. The van der Waals surface area contributed by atoms with Crippen molar-refractivity contribution >= 4 is 48.0 Å². The van der Waals surface area contributed by atoms with E-state index in [0.29, 0.717) is 13.2 Å². The summed E-state index contributed by atoms with van der Waals surface area (Å²) >= 11 is 5.91. The number of nitrogens with one attached hydrogen (secondary N) is 1. The lowest BCUT2D eigenvalue weighted by Crippen LogP contribution is -2.57. The van der Waals surface area contributed by atoms with Gasteiger partial charge in [0.15, 0.2) is 0 Å². The van der Waals surface area contributed by atoms with Crippen molar-refractivity contribution in [2.24, 2.45) is 0 Å². The summed E-state index contributed by atoms with van der Waals surface area (Å²) in [5.41, 5.74) is 1.16. The van der Waals surface area contributed by atoms with Gasteiger partial charge in [0, 0.05) is 43.4 Å². The SMILES string of the molecule is Cl.Cl.O=C(C1COCCN1)N1CCN(c2ccc(Cl)cc2)CC1. The van der Waals surface area contributed by atoms with Crippen molar-refractivity contribution in [2.45, 2.75) is 6.04 Å². The van der Waals surface area contributed by atoms with Crippen LogP contribution in [-0.2, 0) is 9.53 Å². The molecule has 2 fully saturated rings. The summed E-state index contributed by atoms with van der Waals surface area (Å²) in [7, 11) is 0. The largest absolute Gasteiger partial charge is 0.378 e. The number of nitrogens with zero attached hydrogens (tertiary/aromatic N) is 2. The molecule has 1 aromatic rings. The maximum absolute atomic E-state index is 12.4. The molecule has 3 rings (SSSR count). The van der Waals surface area contributed by atoms with Gasteiger partial charge in [0.05, 0.1) is 13.2 Å². The minimum Gasteiger partial charge on any atom is -0.378 e. The van der Waals surface area contributed by atoms with Crippen molar-refractivity contribution < 1.29 is 9.53 Å². The lowest BCUT2D eigenvalue weighted by atomic mass is 10.2. The van der Waals surface area contributed by atoms with Crippen LogP contribution in [0.25, 0.3) is 0 Å². The van der Waals surface area contributed by atoms with Crippen molar-refractivity contribution in [1.29, 1.82) is 0 Å². The number of anilines is 1. The van der Waals surface area contributed by atoms with Crippen LogP contribution >= 0.6 is 36.4 Å². The minimum absolute atomic E-state index is 0. The Hall–Kier alpha value is -0.720. The number of benzene rings is 1. The summed E-state index contributed by atoms with van der Waals surface area (Å²) < 4.78 is 5.36. The Balaban J connectivity index is 0.00000132. The standard InChI is InChI=1S/C15H20ClN3O2.2ClH/c16-12-1-3-13(4-2-12)18-6-8-19(9-7-18)15(20)14-11-21-10-5-17-14;;/h1-4,14,17H,5-11H2;2*1H. The molecule has 2 heterocycles. The molecule has 0 aromatic heterocycles. The van der Waals surface area contributed by atoms with Crippen molar-refractivity contribution in [1.82, 2.24) is 10.2 Å². The molecule has 5 nitrogen and oxygen atoms in total. The second kappa shape index (κ2) is 9.55. The number of carbonyl (C=O) groups excluding carboxylic acids is 1. The van der Waals surface area contributed by atoms with Crippen LogP contribution in [0.15, 0.2) is 24.3 Å². The van der Waals surface area contributed by atoms with Crippen molar-refractivity contribution in [2.75, 3.05) is 50.8 Å². The Morgan fingerprint density at radius 3 is 2.35 bits per heavy atom. The van der Waals surface area contributed by atoms with Gasteiger partial charge in [-0.05, 0) is 24.3 Å². The molecule has 130 valence electrons. The zero-order chi connectivity index (χ0) is 14.7. The topological polar surface area (TPSA) is 44.8 Å². The predicted molar refractivity (Wildman–Crippen MR) is 97.4 cm³/mol. The zero-order valence-corrected chi connectivity index (χ0v) is 15.1. The second-order valence-electron chi connectivity index (χ2n) is 5.37. The smallest absolute Gasteiger partial charge is 0.242 e. The highest BCUT2D eigenvalue weighted by Crippen LogP contribution is 2.19. The van der Waals surface area contributed by atoms with E-state index in [1.54, 1.807) is 0 Å². The van der Waals surface area contributed by atoms with Crippen LogP contribution in [0.2, 0.25) is 5.02 Å². The number of carbonyl (C=O) groups is 1. The van der Waals surface area contributed by atoms with Gasteiger partial charge in [0.1, 0.15) is 6.04 Å². The van der Waals surface area contributed by atoms with Crippen LogP contribution in [0.3, 0.4) is 0 Å². The minimum atomic E-state index is -0.180. The first-order chi connectivity index (χ1) is 10.2. The van der Waals surface area contributed by atoms with Crippen LogP contribution in [0.5, 0.6) is 0 Å². The summed E-state index contributed by atoms with van der Waals surface area (Å²) in [6.45, 7) is 5.12. The lowest BCUT2D eigenvalue weighted by Gasteiger charge is -2.38. The quantitative estimate of drug-likeness (QED) is 0.847. The summed E-state index contributed by atoms with van der Waals surface area (Å²) in [6, 6.07) is 7.67. The monoisotopic (exact) mass is 381 g/mol. The van der Waals surface area contributed by atoms with Gasteiger partial charge in [-0.15, -0.1) is 24.8 Å². The molecule has 23 heavy (non-hydrogen) atoms. The highest BCUT2D eigenvalue weighted by atomic mass is 35.5. The van der Waals surface area contributed by atoms with E-state index >= 15 is 0 Å². The van der Waals surface area contributed by atoms with Gasteiger partial charge in [-0.2, -0.15) is 0 Å². The zero-order valence-electron chi connectivity index (χ0n) is 12.7. The predicted octanol–water partition coefficient (Wildman–Crippen LogP) is 1.82. The van der Waals surface area contributed by atoms with Gasteiger partial charge >= 0.3 is 0 Å². The number of ether oxygens (including phenoxy) is 1. The molecule has 8 heteroatoms. The molecule has 2 aliphatic heterocycles. The van der Waals surface area contributed by atoms with Crippen molar-refractivity contribution in [3.8, 4) is 0 Å². The molecule has 1 amide bonds. The van der Waals surface area contributed by atoms with Crippen molar-refractivity contribution in [3.05, 3.63) is 29.3 Å². The van der Waals surface area contributed by atoms with E-state index in [9.17, 15) is 4.79 Å². The number of amides is 1. The fourth-order valence-corrected chi connectivity index (χ4v) is 2.91. The third-order valence-corrected chi connectivity index (χ3v) is 4.25. The van der Waals surface area contributed by atoms with E-state index in [4.69, 9.17) is 16.3 Å². The average molecular weight is 383 g/mol. The molecular formula is C15H22Cl3N3O2. The number of rotatable bonds is 2. The normalized spacial score (nSPS) is 21.2. The highest BCUT2D eigenvalue weighted by Gasteiger charge is 2.28. The molecular weight excluding hydrogens is 361 g/mol. The van der Waals surface area contributed by atoms with E-state index in [-0.39, 0.29) is 36.8 Å². The van der Waals surface area contributed by atoms with E-state index in [0.717, 1.165) is 43.4 Å². The van der Waals surface area contributed by atoms with Crippen LogP contribution in [0.1, 0.15) is 0 Å².